The van der Waals surface area contributed by atoms with E-state index in [1.165, 1.54) is 19.3 Å². The Hall–Kier alpha value is -1.06. The van der Waals surface area contributed by atoms with E-state index >= 15 is 0 Å². The van der Waals surface area contributed by atoms with Gasteiger partial charge in [-0.25, -0.2) is 0 Å². The van der Waals surface area contributed by atoms with E-state index in [2.05, 4.69) is 16.7 Å². The summed E-state index contributed by atoms with van der Waals surface area (Å²) in [6, 6.07) is 8.29. The minimum Gasteiger partial charge on any atom is -0.325 e. The summed E-state index contributed by atoms with van der Waals surface area (Å²) in [5.74, 6) is -0.162. The number of rotatable bonds is 3. The maximum Gasteiger partial charge on any atom is 0.239 e. The van der Waals surface area contributed by atoms with Crippen LogP contribution in [0.5, 0.6) is 0 Å². The molecule has 18 heavy (non-hydrogen) atoms. The average Bonchev–Trinajstić information content (AvgIpc) is 2.68. The number of nitrogens with one attached hydrogen (secondary N) is 2. The van der Waals surface area contributed by atoms with Gasteiger partial charge >= 0.3 is 0 Å². The number of halogens is 1. The third-order valence-corrected chi connectivity index (χ3v) is 3.53. The molecule has 0 radical (unpaired) electrons. The summed E-state index contributed by atoms with van der Waals surface area (Å²) in [7, 11) is 0. The van der Waals surface area contributed by atoms with Gasteiger partial charge in [-0.1, -0.05) is 31.0 Å². The van der Waals surface area contributed by atoms with Crippen LogP contribution in [0.25, 0.3) is 0 Å². The van der Waals surface area contributed by atoms with Crippen molar-refractivity contribution in [3.05, 3.63) is 29.8 Å². The van der Waals surface area contributed by atoms with E-state index in [-0.39, 0.29) is 11.8 Å². The highest BCUT2D eigenvalue weighted by atomic mass is 35.5. The lowest BCUT2D eigenvalue weighted by atomic mass is 10.00. The molecule has 3 nitrogen and oxygen atoms in total. The lowest BCUT2D eigenvalue weighted by Gasteiger charge is -2.20. The summed E-state index contributed by atoms with van der Waals surface area (Å²) in [4.78, 5) is 11.4. The normalized spacial score (nSPS) is 20.2. The molecule has 1 heterocycles. The Morgan fingerprint density at radius 3 is 3.00 bits per heavy atom. The maximum absolute atomic E-state index is 11.4. The topological polar surface area (TPSA) is 41.1 Å². The first kappa shape index (κ1) is 13.4. The molecule has 0 spiro atoms. The summed E-state index contributed by atoms with van der Waals surface area (Å²) in [5.41, 5.74) is 2.04. The molecule has 1 aliphatic heterocycles. The molecule has 0 aliphatic carbocycles. The molecule has 1 aromatic carbocycles. The summed E-state index contributed by atoms with van der Waals surface area (Å²) in [6.45, 7) is 1.04. The van der Waals surface area contributed by atoms with Crippen molar-refractivity contribution in [2.45, 2.75) is 31.7 Å². The van der Waals surface area contributed by atoms with Gasteiger partial charge in [0.25, 0.3) is 0 Å². The molecule has 0 saturated carbocycles. The average molecular weight is 267 g/mol. The highest BCUT2D eigenvalue weighted by molar-refractivity contribution is 6.29. The standard InChI is InChI=1S/C14H19ClN2O/c15-10-14(18)17-13-8-4-3-6-11(13)12-7-2-1-5-9-16-12/h3-4,6,8,12,16H,1-2,5,7,9-10H2,(H,17,18)/t12-/m1/s1. The SMILES string of the molecule is O=C(CCl)Nc1ccccc1[C@H]1CCCCCN1. The third kappa shape index (κ3) is 3.47. The van der Waals surface area contributed by atoms with Crippen LogP contribution in [0.15, 0.2) is 24.3 Å². The Balaban J connectivity index is 2.17. The van der Waals surface area contributed by atoms with Gasteiger partial charge in [0, 0.05) is 11.7 Å². The Kier molecular flexibility index (Phi) is 5.02. The molecule has 1 saturated heterocycles. The zero-order valence-electron chi connectivity index (χ0n) is 10.4. The zero-order valence-corrected chi connectivity index (χ0v) is 11.2. The molecular weight excluding hydrogens is 248 g/mol. The van der Waals surface area contributed by atoms with E-state index in [4.69, 9.17) is 11.6 Å². The number of para-hydroxylation sites is 1. The molecule has 1 amide bonds. The van der Waals surface area contributed by atoms with E-state index in [1.807, 2.05) is 18.2 Å². The molecule has 2 rings (SSSR count). The van der Waals surface area contributed by atoms with E-state index in [9.17, 15) is 4.79 Å². The van der Waals surface area contributed by atoms with Crippen LogP contribution in [-0.4, -0.2) is 18.3 Å². The molecule has 0 aromatic heterocycles. The summed E-state index contributed by atoms with van der Waals surface area (Å²) >= 11 is 5.54. The fourth-order valence-electron chi connectivity index (χ4n) is 2.39. The predicted octanol–water partition coefficient (Wildman–Crippen LogP) is 3.07. The quantitative estimate of drug-likeness (QED) is 0.826. The molecule has 1 aliphatic rings. The van der Waals surface area contributed by atoms with Crippen molar-refractivity contribution in [2.75, 3.05) is 17.7 Å². The maximum atomic E-state index is 11.4. The predicted molar refractivity (Wildman–Crippen MR) is 75.0 cm³/mol. The van der Waals surface area contributed by atoms with Gasteiger partial charge in [-0.2, -0.15) is 0 Å². The molecule has 98 valence electrons. The van der Waals surface area contributed by atoms with Crippen LogP contribution in [0, 0.1) is 0 Å². The van der Waals surface area contributed by atoms with Crippen LogP contribution in [0.1, 0.15) is 37.3 Å². The van der Waals surface area contributed by atoms with E-state index in [0.717, 1.165) is 24.2 Å². The Labute approximate surface area is 113 Å². The second kappa shape index (κ2) is 6.76. The number of hydrogen-bond donors (Lipinski definition) is 2. The van der Waals surface area contributed by atoms with Crippen molar-refractivity contribution >= 4 is 23.2 Å². The zero-order chi connectivity index (χ0) is 12.8. The highest BCUT2D eigenvalue weighted by Gasteiger charge is 2.17. The first-order valence-corrected chi connectivity index (χ1v) is 7.03. The van der Waals surface area contributed by atoms with Gasteiger partial charge in [0.05, 0.1) is 0 Å². The Morgan fingerprint density at radius 1 is 1.33 bits per heavy atom. The van der Waals surface area contributed by atoms with Gasteiger partial charge in [0.15, 0.2) is 0 Å². The number of carbonyl (C=O) groups excluding carboxylic acids is 1. The second-order valence-electron chi connectivity index (χ2n) is 4.63. The van der Waals surface area contributed by atoms with Crippen molar-refractivity contribution in [3.63, 3.8) is 0 Å². The van der Waals surface area contributed by atoms with Gasteiger partial charge in [-0.15, -0.1) is 11.6 Å². The minimum absolute atomic E-state index is 0.00751. The number of hydrogen-bond acceptors (Lipinski definition) is 2. The summed E-state index contributed by atoms with van der Waals surface area (Å²) < 4.78 is 0. The Bertz CT molecular complexity index is 401. The van der Waals surface area contributed by atoms with Crippen LogP contribution in [0.3, 0.4) is 0 Å². The molecule has 4 heteroatoms. The summed E-state index contributed by atoms with van der Waals surface area (Å²) in [5, 5.41) is 6.41. The number of amides is 1. The van der Waals surface area contributed by atoms with Gasteiger partial charge in [-0.3, -0.25) is 4.79 Å². The van der Waals surface area contributed by atoms with Crippen LogP contribution in [-0.2, 0) is 4.79 Å². The van der Waals surface area contributed by atoms with Gasteiger partial charge in [0.2, 0.25) is 5.91 Å². The van der Waals surface area contributed by atoms with Crippen molar-refractivity contribution in [3.8, 4) is 0 Å². The van der Waals surface area contributed by atoms with Crippen LogP contribution >= 0.6 is 11.6 Å². The van der Waals surface area contributed by atoms with Crippen molar-refractivity contribution in [1.29, 1.82) is 0 Å². The van der Waals surface area contributed by atoms with Crippen LogP contribution in [0.4, 0.5) is 5.69 Å². The van der Waals surface area contributed by atoms with E-state index < -0.39 is 0 Å². The number of benzene rings is 1. The molecule has 1 atom stereocenters. The number of carbonyl (C=O) groups is 1. The first-order valence-electron chi connectivity index (χ1n) is 6.49. The summed E-state index contributed by atoms with van der Waals surface area (Å²) in [6.07, 6.45) is 4.86. The lowest BCUT2D eigenvalue weighted by molar-refractivity contribution is -0.113. The van der Waals surface area contributed by atoms with E-state index in [1.54, 1.807) is 0 Å². The molecular formula is C14H19ClN2O. The minimum atomic E-state index is -0.155. The fraction of sp³-hybridized carbons (Fsp3) is 0.500. The largest absolute Gasteiger partial charge is 0.325 e. The monoisotopic (exact) mass is 266 g/mol. The Morgan fingerprint density at radius 2 is 2.17 bits per heavy atom. The van der Waals surface area contributed by atoms with Gasteiger partial charge < -0.3 is 10.6 Å². The van der Waals surface area contributed by atoms with Crippen molar-refractivity contribution in [1.82, 2.24) is 5.32 Å². The fourth-order valence-corrected chi connectivity index (χ4v) is 2.46. The smallest absolute Gasteiger partial charge is 0.239 e. The number of alkyl halides is 1. The highest BCUT2D eigenvalue weighted by Crippen LogP contribution is 2.28. The molecule has 2 N–H and O–H groups in total. The van der Waals surface area contributed by atoms with Crippen LogP contribution in [0.2, 0.25) is 0 Å². The first-order chi connectivity index (χ1) is 8.81. The van der Waals surface area contributed by atoms with Gasteiger partial charge in [-0.05, 0) is 31.0 Å². The number of anilines is 1. The van der Waals surface area contributed by atoms with Crippen molar-refractivity contribution < 1.29 is 4.79 Å². The molecule has 0 unspecified atom stereocenters. The van der Waals surface area contributed by atoms with E-state index in [0.29, 0.717) is 6.04 Å². The second-order valence-corrected chi connectivity index (χ2v) is 4.89. The van der Waals surface area contributed by atoms with Crippen molar-refractivity contribution in [2.24, 2.45) is 0 Å². The lowest BCUT2D eigenvalue weighted by Crippen LogP contribution is -2.22. The molecule has 1 aromatic rings. The molecule has 0 bridgehead atoms. The molecule has 1 fully saturated rings. The van der Waals surface area contributed by atoms with Crippen LogP contribution < -0.4 is 10.6 Å². The third-order valence-electron chi connectivity index (χ3n) is 3.29. The van der Waals surface area contributed by atoms with Gasteiger partial charge in [0.1, 0.15) is 5.88 Å².